The van der Waals surface area contributed by atoms with Gasteiger partial charge in [-0.2, -0.15) is 0 Å². The quantitative estimate of drug-likeness (QED) is 0.371. The number of anilines is 1. The molecule has 0 spiro atoms. The number of hydrogen-bond acceptors (Lipinski definition) is 9. The highest BCUT2D eigenvalue weighted by molar-refractivity contribution is 9.10. The molecule has 1 atom stereocenters. The highest BCUT2D eigenvalue weighted by Crippen LogP contribution is 2.40. The monoisotopic (exact) mass is 627 g/mol. The molecule has 0 bridgehead atoms. The van der Waals surface area contributed by atoms with E-state index < -0.39 is 12.0 Å². The Balaban J connectivity index is 1.64. The van der Waals surface area contributed by atoms with Gasteiger partial charge in [0.15, 0.2) is 16.3 Å². The summed E-state index contributed by atoms with van der Waals surface area (Å²) in [6.45, 7) is 6.84. The number of allylic oxidation sites excluding steroid dienone is 1. The second-order valence-corrected chi connectivity index (χ2v) is 11.1. The molecule has 40 heavy (non-hydrogen) atoms. The van der Waals surface area contributed by atoms with Crippen molar-refractivity contribution in [2.75, 3.05) is 52.0 Å². The molecule has 2 aliphatic heterocycles. The topological polar surface area (TPSA) is 91.6 Å². The minimum atomic E-state index is -0.782. The second kappa shape index (κ2) is 12.0. The number of morpholine rings is 1. The first-order valence-electron chi connectivity index (χ1n) is 12.9. The maximum absolute atomic E-state index is 14.0. The van der Waals surface area contributed by atoms with Gasteiger partial charge in [-0.25, -0.2) is 9.79 Å². The molecule has 210 valence electrons. The van der Waals surface area contributed by atoms with Crippen LogP contribution in [0.3, 0.4) is 0 Å². The van der Waals surface area contributed by atoms with Gasteiger partial charge < -0.3 is 23.8 Å². The Hall–Kier alpha value is -3.41. The number of halogens is 1. The molecule has 0 radical (unpaired) electrons. The van der Waals surface area contributed by atoms with E-state index in [1.165, 1.54) is 11.3 Å². The van der Waals surface area contributed by atoms with E-state index in [1.807, 2.05) is 18.2 Å². The standard InChI is InChI=1S/C29H30BrN3O6S/c1-5-39-28(35)25-17(2)31-29-33(26(25)20-15-22(36-3)23(37-4)16-21(20)30)27(34)24(40-29)14-18-6-8-19(9-7-18)32-10-12-38-13-11-32/h6-9,14-16,26H,5,10-13H2,1-4H3/b24-14+/t26-/m0/s1. The highest BCUT2D eigenvalue weighted by Gasteiger charge is 2.35. The van der Waals surface area contributed by atoms with Crippen LogP contribution in [-0.2, 0) is 14.3 Å². The number of thiazole rings is 1. The molecule has 3 heterocycles. The van der Waals surface area contributed by atoms with E-state index in [0.29, 0.717) is 55.4 Å². The van der Waals surface area contributed by atoms with E-state index in [2.05, 4.69) is 38.0 Å². The highest BCUT2D eigenvalue weighted by atomic mass is 79.9. The number of hydrogen-bond donors (Lipinski definition) is 0. The lowest BCUT2D eigenvalue weighted by atomic mass is 9.95. The van der Waals surface area contributed by atoms with Crippen LogP contribution in [0, 0.1) is 0 Å². The zero-order chi connectivity index (χ0) is 28.4. The number of esters is 1. The maximum atomic E-state index is 14.0. The summed E-state index contributed by atoms with van der Waals surface area (Å²) in [5, 5.41) is 0. The van der Waals surface area contributed by atoms with Gasteiger partial charge in [0.25, 0.3) is 5.56 Å². The smallest absolute Gasteiger partial charge is 0.338 e. The van der Waals surface area contributed by atoms with Crippen molar-refractivity contribution in [2.45, 2.75) is 19.9 Å². The predicted octanol–water partition coefficient (Wildman–Crippen LogP) is 3.41. The second-order valence-electron chi connectivity index (χ2n) is 9.22. The van der Waals surface area contributed by atoms with E-state index in [0.717, 1.165) is 24.3 Å². The third-order valence-corrected chi connectivity index (χ3v) is 8.55. The number of carbonyl (C=O) groups excluding carboxylic acids is 1. The minimum absolute atomic E-state index is 0.195. The third-order valence-electron chi connectivity index (χ3n) is 6.88. The maximum Gasteiger partial charge on any atom is 0.338 e. The Morgan fingerprint density at radius 3 is 2.48 bits per heavy atom. The summed E-state index contributed by atoms with van der Waals surface area (Å²) in [5.41, 5.74) is 3.21. The summed E-state index contributed by atoms with van der Waals surface area (Å²) < 4.78 is 24.6. The van der Waals surface area contributed by atoms with Crippen LogP contribution in [0.25, 0.3) is 6.08 Å². The lowest BCUT2D eigenvalue weighted by Gasteiger charge is -2.28. The summed E-state index contributed by atoms with van der Waals surface area (Å²) in [7, 11) is 3.09. The van der Waals surface area contributed by atoms with Crippen LogP contribution in [0.4, 0.5) is 5.69 Å². The van der Waals surface area contributed by atoms with E-state index in [-0.39, 0.29) is 12.2 Å². The molecule has 11 heteroatoms. The van der Waals surface area contributed by atoms with Crippen molar-refractivity contribution in [3.8, 4) is 11.5 Å². The molecule has 2 aromatic carbocycles. The lowest BCUT2D eigenvalue weighted by molar-refractivity contribution is -0.139. The summed E-state index contributed by atoms with van der Waals surface area (Å²) in [6, 6.07) is 10.9. The summed E-state index contributed by atoms with van der Waals surface area (Å²) >= 11 is 4.91. The minimum Gasteiger partial charge on any atom is -0.493 e. The molecule has 1 aromatic heterocycles. The van der Waals surface area contributed by atoms with Crippen molar-refractivity contribution in [3.05, 3.63) is 83.0 Å². The van der Waals surface area contributed by atoms with E-state index >= 15 is 0 Å². The average Bonchev–Trinajstić information content (AvgIpc) is 3.27. The van der Waals surface area contributed by atoms with Gasteiger partial charge in [0.2, 0.25) is 0 Å². The number of nitrogens with zero attached hydrogens (tertiary/aromatic N) is 3. The lowest BCUT2D eigenvalue weighted by Crippen LogP contribution is -2.40. The Morgan fingerprint density at radius 1 is 1.15 bits per heavy atom. The molecule has 3 aromatic rings. The molecule has 0 N–H and O–H groups in total. The summed E-state index contributed by atoms with van der Waals surface area (Å²) in [4.78, 5) is 34.6. The number of carbonyl (C=O) groups is 1. The van der Waals surface area contributed by atoms with Gasteiger partial charge in [0.05, 0.1) is 55.9 Å². The van der Waals surface area contributed by atoms with Gasteiger partial charge in [-0.15, -0.1) is 0 Å². The van der Waals surface area contributed by atoms with Gasteiger partial charge in [0, 0.05) is 23.2 Å². The van der Waals surface area contributed by atoms with E-state index in [9.17, 15) is 9.59 Å². The van der Waals surface area contributed by atoms with Gasteiger partial charge in [-0.3, -0.25) is 9.36 Å². The van der Waals surface area contributed by atoms with Crippen LogP contribution in [0.1, 0.15) is 31.0 Å². The fraction of sp³-hybridized carbons (Fsp3) is 0.345. The largest absolute Gasteiger partial charge is 0.493 e. The normalized spacial score (nSPS) is 17.4. The Bertz CT molecular complexity index is 1640. The van der Waals surface area contributed by atoms with Gasteiger partial charge >= 0.3 is 5.97 Å². The van der Waals surface area contributed by atoms with Crippen molar-refractivity contribution in [2.24, 2.45) is 4.99 Å². The van der Waals surface area contributed by atoms with Gasteiger partial charge in [0.1, 0.15) is 0 Å². The van der Waals surface area contributed by atoms with Crippen LogP contribution in [0.2, 0.25) is 0 Å². The van der Waals surface area contributed by atoms with Crippen molar-refractivity contribution < 1.29 is 23.7 Å². The first-order valence-corrected chi connectivity index (χ1v) is 14.5. The molecule has 0 unspecified atom stereocenters. The Morgan fingerprint density at radius 2 is 1.82 bits per heavy atom. The van der Waals surface area contributed by atoms with E-state index in [4.69, 9.17) is 18.9 Å². The molecule has 5 rings (SSSR count). The van der Waals surface area contributed by atoms with Crippen molar-refractivity contribution in [1.29, 1.82) is 0 Å². The van der Waals surface area contributed by atoms with Crippen LogP contribution in [-0.4, -0.2) is 57.7 Å². The predicted molar refractivity (Wildman–Crippen MR) is 157 cm³/mol. The fourth-order valence-corrected chi connectivity index (χ4v) is 6.51. The first-order chi connectivity index (χ1) is 19.4. The van der Waals surface area contributed by atoms with Crippen molar-refractivity contribution in [3.63, 3.8) is 0 Å². The van der Waals surface area contributed by atoms with Crippen LogP contribution in [0.15, 0.2) is 61.9 Å². The van der Waals surface area contributed by atoms with Crippen LogP contribution in [0.5, 0.6) is 11.5 Å². The number of aromatic nitrogens is 1. The molecular formula is C29H30BrN3O6S. The molecule has 9 nitrogen and oxygen atoms in total. The third kappa shape index (κ3) is 5.33. The molecule has 1 fully saturated rings. The fourth-order valence-electron chi connectivity index (χ4n) is 4.92. The van der Waals surface area contributed by atoms with Gasteiger partial charge in [-0.05, 0) is 55.3 Å². The van der Waals surface area contributed by atoms with Crippen molar-refractivity contribution >= 4 is 45.0 Å². The zero-order valence-electron chi connectivity index (χ0n) is 22.7. The van der Waals surface area contributed by atoms with E-state index in [1.54, 1.807) is 44.8 Å². The van der Waals surface area contributed by atoms with Crippen molar-refractivity contribution in [1.82, 2.24) is 4.57 Å². The Labute approximate surface area is 244 Å². The number of rotatable bonds is 7. The number of benzene rings is 2. The number of methoxy groups -OCH3 is 2. The first kappa shape index (κ1) is 28.1. The molecular weight excluding hydrogens is 598 g/mol. The summed E-state index contributed by atoms with van der Waals surface area (Å²) in [6.07, 6.45) is 1.86. The SMILES string of the molecule is CCOC(=O)C1=C(C)N=c2s/c(=C/c3ccc(N4CCOCC4)cc3)c(=O)n2[C@H]1c1cc(OC)c(OC)cc1Br. The van der Waals surface area contributed by atoms with Gasteiger partial charge in [-0.1, -0.05) is 39.4 Å². The molecule has 2 aliphatic rings. The van der Waals surface area contributed by atoms with Crippen LogP contribution < -0.4 is 29.3 Å². The molecule has 0 aliphatic carbocycles. The molecule has 0 amide bonds. The number of ether oxygens (including phenoxy) is 4. The average molecular weight is 629 g/mol. The zero-order valence-corrected chi connectivity index (χ0v) is 25.1. The molecule has 0 saturated carbocycles. The number of fused-ring (bicyclic) bond motifs is 1. The van der Waals surface area contributed by atoms with Crippen LogP contribution >= 0.6 is 27.3 Å². The summed E-state index contributed by atoms with van der Waals surface area (Å²) in [5.74, 6) is 0.467. The molecule has 1 saturated heterocycles. The Kier molecular flexibility index (Phi) is 8.43.